The summed E-state index contributed by atoms with van der Waals surface area (Å²) in [5.74, 6) is 1.14. The van der Waals surface area contributed by atoms with Crippen LogP contribution in [0.25, 0.3) is 6.08 Å². The predicted octanol–water partition coefficient (Wildman–Crippen LogP) is 6.88. The van der Waals surface area contributed by atoms with Crippen LogP contribution in [-0.4, -0.2) is 36.7 Å². The molecule has 0 saturated carbocycles. The molecular formula is C28H43NO4. The number of aromatic nitrogens is 1. The Morgan fingerprint density at radius 2 is 1.58 bits per heavy atom. The second kappa shape index (κ2) is 21.2. The van der Waals surface area contributed by atoms with Gasteiger partial charge in [0, 0.05) is 30.0 Å². The van der Waals surface area contributed by atoms with Gasteiger partial charge in [-0.25, -0.2) is 4.98 Å². The molecule has 0 radical (unpaired) electrons. The summed E-state index contributed by atoms with van der Waals surface area (Å²) in [6.07, 6.45) is 19.5. The van der Waals surface area contributed by atoms with E-state index in [4.69, 9.17) is 14.6 Å². The van der Waals surface area contributed by atoms with E-state index in [1.807, 2.05) is 13.0 Å². The highest BCUT2D eigenvalue weighted by atomic mass is 16.5. The number of hydrogen-bond donors (Lipinski definition) is 1. The van der Waals surface area contributed by atoms with E-state index in [9.17, 15) is 4.79 Å². The molecule has 184 valence electrons. The summed E-state index contributed by atoms with van der Waals surface area (Å²) in [5, 5.41) is 8.76. The minimum atomic E-state index is 0.319. The minimum Gasteiger partial charge on any atom is -0.496 e. The van der Waals surface area contributed by atoms with Crippen molar-refractivity contribution in [1.29, 1.82) is 0 Å². The molecule has 0 fully saturated rings. The lowest BCUT2D eigenvalue weighted by Gasteiger charge is -2.10. The van der Waals surface area contributed by atoms with Crippen LogP contribution in [0.1, 0.15) is 76.7 Å². The fourth-order valence-electron chi connectivity index (χ4n) is 3.35. The molecular weight excluding hydrogens is 414 g/mol. The first kappa shape index (κ1) is 30.3. The maximum Gasteiger partial charge on any atom is 0.216 e. The van der Waals surface area contributed by atoms with Crippen molar-refractivity contribution in [2.24, 2.45) is 0 Å². The number of methoxy groups -OCH3 is 1. The van der Waals surface area contributed by atoms with Crippen molar-refractivity contribution in [3.05, 3.63) is 60.9 Å². The number of ether oxygens (including phenoxy) is 2. The van der Waals surface area contributed by atoms with E-state index in [2.05, 4.69) is 24.7 Å². The fraction of sp³-hybridized carbons (Fsp3) is 0.500. The highest BCUT2D eigenvalue weighted by Gasteiger charge is 2.08. The number of nitrogens with zero attached hydrogens (tertiary/aromatic N) is 1. The Kier molecular flexibility index (Phi) is 19.5. The summed E-state index contributed by atoms with van der Waals surface area (Å²) >= 11 is 0. The third-order valence-electron chi connectivity index (χ3n) is 5.19. The lowest BCUT2D eigenvalue weighted by Crippen LogP contribution is -2.00. The SMILES string of the molecule is C=C.C=CC(=C\C)/C(C=O)=C/c1cnc(OCCCCCCCCCCCCO)cc1OC. The van der Waals surface area contributed by atoms with Crippen molar-refractivity contribution in [3.8, 4) is 11.6 Å². The van der Waals surface area contributed by atoms with Gasteiger partial charge in [0.2, 0.25) is 5.88 Å². The highest BCUT2D eigenvalue weighted by molar-refractivity contribution is 5.89. The fourth-order valence-corrected chi connectivity index (χ4v) is 3.35. The second-order valence-electron chi connectivity index (χ2n) is 7.54. The highest BCUT2D eigenvalue weighted by Crippen LogP contribution is 2.26. The number of aliphatic hydroxyl groups excluding tert-OH is 1. The Morgan fingerprint density at radius 3 is 2.06 bits per heavy atom. The number of hydrogen-bond acceptors (Lipinski definition) is 5. The maximum atomic E-state index is 11.4. The predicted molar refractivity (Wildman–Crippen MR) is 139 cm³/mol. The first-order valence-electron chi connectivity index (χ1n) is 11.9. The summed E-state index contributed by atoms with van der Waals surface area (Å²) in [4.78, 5) is 15.8. The van der Waals surface area contributed by atoms with Gasteiger partial charge in [-0.05, 0) is 31.4 Å². The molecule has 1 heterocycles. The average molecular weight is 458 g/mol. The van der Waals surface area contributed by atoms with Crippen LogP contribution in [0.4, 0.5) is 0 Å². The first-order chi connectivity index (χ1) is 16.2. The molecule has 5 nitrogen and oxygen atoms in total. The van der Waals surface area contributed by atoms with Gasteiger partial charge in [-0.2, -0.15) is 0 Å². The summed E-state index contributed by atoms with van der Waals surface area (Å²) in [7, 11) is 1.59. The van der Waals surface area contributed by atoms with Crippen LogP contribution in [-0.2, 0) is 4.79 Å². The largest absolute Gasteiger partial charge is 0.496 e. The van der Waals surface area contributed by atoms with E-state index in [-0.39, 0.29) is 0 Å². The summed E-state index contributed by atoms with van der Waals surface area (Å²) in [6, 6.07) is 1.76. The van der Waals surface area contributed by atoms with Crippen LogP contribution >= 0.6 is 0 Å². The molecule has 1 N–H and O–H groups in total. The molecule has 0 aliphatic carbocycles. The van der Waals surface area contributed by atoms with E-state index in [1.54, 1.807) is 31.5 Å². The van der Waals surface area contributed by atoms with Crippen LogP contribution in [0, 0.1) is 0 Å². The molecule has 0 aliphatic heterocycles. The standard InChI is InChI=1S/C26H39NO4.C2H4/c1-4-22(5-2)24(21-29)18-23-20-27-26(19-25(23)30-3)31-17-15-13-11-9-7-6-8-10-12-14-16-28;1-2/h4-5,18-21,28H,1,6-17H2,2-3H3;1-2H2/b22-5+,24-18+;. The first-order valence-corrected chi connectivity index (χ1v) is 11.9. The number of carbonyl (C=O) groups is 1. The zero-order valence-corrected chi connectivity index (χ0v) is 20.7. The Bertz CT molecular complexity index is 725. The lowest BCUT2D eigenvalue weighted by molar-refractivity contribution is -0.104. The lowest BCUT2D eigenvalue weighted by atomic mass is 10.0. The number of carbonyl (C=O) groups excluding carboxylic acids is 1. The van der Waals surface area contributed by atoms with Crippen molar-refractivity contribution in [3.63, 3.8) is 0 Å². The zero-order chi connectivity index (χ0) is 24.7. The van der Waals surface area contributed by atoms with Crippen molar-refractivity contribution in [2.75, 3.05) is 20.3 Å². The van der Waals surface area contributed by atoms with Gasteiger partial charge < -0.3 is 14.6 Å². The quantitative estimate of drug-likeness (QED) is 0.0855. The molecule has 0 bridgehead atoms. The van der Waals surface area contributed by atoms with E-state index >= 15 is 0 Å². The molecule has 0 amide bonds. The van der Waals surface area contributed by atoms with Gasteiger partial charge in [0.1, 0.15) is 5.75 Å². The van der Waals surface area contributed by atoms with Gasteiger partial charge in [-0.1, -0.05) is 70.1 Å². The topological polar surface area (TPSA) is 68.7 Å². The number of rotatable bonds is 18. The second-order valence-corrected chi connectivity index (χ2v) is 7.54. The Balaban J connectivity index is 0.00000497. The maximum absolute atomic E-state index is 11.4. The van der Waals surface area contributed by atoms with Crippen molar-refractivity contribution < 1.29 is 19.4 Å². The number of aldehydes is 1. The van der Waals surface area contributed by atoms with Crippen LogP contribution in [0.2, 0.25) is 0 Å². The molecule has 0 atom stereocenters. The van der Waals surface area contributed by atoms with Gasteiger partial charge in [0.05, 0.1) is 13.7 Å². The molecule has 1 aromatic rings. The summed E-state index contributed by atoms with van der Waals surface area (Å²) in [5.41, 5.74) is 2.00. The van der Waals surface area contributed by atoms with Gasteiger partial charge in [0.15, 0.2) is 6.29 Å². The van der Waals surface area contributed by atoms with E-state index in [0.717, 1.165) is 43.1 Å². The smallest absolute Gasteiger partial charge is 0.216 e. The molecule has 1 rings (SSSR count). The van der Waals surface area contributed by atoms with Gasteiger partial charge >= 0.3 is 0 Å². The third kappa shape index (κ3) is 13.5. The molecule has 0 aliphatic rings. The summed E-state index contributed by atoms with van der Waals surface area (Å²) < 4.78 is 11.2. The third-order valence-corrected chi connectivity index (χ3v) is 5.19. The number of unbranched alkanes of at least 4 members (excludes halogenated alkanes) is 9. The normalized spacial score (nSPS) is 11.4. The van der Waals surface area contributed by atoms with Gasteiger partial charge in [-0.15, -0.1) is 13.2 Å². The molecule has 5 heteroatoms. The number of aliphatic hydroxyl groups is 1. The van der Waals surface area contributed by atoms with Gasteiger partial charge in [-0.3, -0.25) is 4.79 Å². The molecule has 0 spiro atoms. The van der Waals surface area contributed by atoms with Gasteiger partial charge in [0.25, 0.3) is 0 Å². The van der Waals surface area contributed by atoms with E-state index < -0.39 is 0 Å². The summed E-state index contributed by atoms with van der Waals surface area (Å²) in [6.45, 7) is 12.6. The minimum absolute atomic E-state index is 0.319. The molecule has 0 aromatic carbocycles. The van der Waals surface area contributed by atoms with E-state index in [0.29, 0.717) is 30.4 Å². The van der Waals surface area contributed by atoms with Crippen molar-refractivity contribution >= 4 is 12.4 Å². The Morgan fingerprint density at radius 1 is 1.00 bits per heavy atom. The van der Waals surface area contributed by atoms with E-state index in [1.165, 1.54) is 38.5 Å². The monoisotopic (exact) mass is 457 g/mol. The molecule has 0 unspecified atom stereocenters. The number of pyridine rings is 1. The molecule has 33 heavy (non-hydrogen) atoms. The number of allylic oxidation sites excluding steroid dienone is 4. The average Bonchev–Trinajstić information content (AvgIpc) is 2.86. The Hall–Kier alpha value is -2.66. The Labute approximate surface area is 200 Å². The zero-order valence-electron chi connectivity index (χ0n) is 20.7. The van der Waals surface area contributed by atoms with Crippen LogP contribution in [0.15, 0.2) is 55.3 Å². The van der Waals surface area contributed by atoms with Crippen molar-refractivity contribution in [1.82, 2.24) is 4.98 Å². The van der Waals surface area contributed by atoms with Crippen molar-refractivity contribution in [2.45, 2.75) is 71.1 Å². The van der Waals surface area contributed by atoms with Crippen LogP contribution in [0.5, 0.6) is 11.6 Å². The van der Waals surface area contributed by atoms with Crippen LogP contribution in [0.3, 0.4) is 0 Å². The molecule has 1 aromatic heterocycles. The molecule has 0 saturated heterocycles. The van der Waals surface area contributed by atoms with Crippen LogP contribution < -0.4 is 9.47 Å².